The van der Waals surface area contributed by atoms with Gasteiger partial charge in [-0.25, -0.2) is 4.39 Å². The lowest BCUT2D eigenvalue weighted by atomic mass is 9.72. The number of ether oxygens (including phenoxy) is 1. The van der Waals surface area contributed by atoms with Gasteiger partial charge >= 0.3 is 5.97 Å². The summed E-state index contributed by atoms with van der Waals surface area (Å²) in [6, 6.07) is 6.25. The molecule has 1 aromatic carbocycles. The highest BCUT2D eigenvalue weighted by Gasteiger charge is 2.59. The van der Waals surface area contributed by atoms with E-state index in [4.69, 9.17) is 4.74 Å². The number of benzene rings is 1. The average Bonchev–Trinajstić information content (AvgIpc) is 3.37. The number of carboxylic acid groups (broad SMARTS) is 1. The zero-order chi connectivity index (χ0) is 18.4. The number of halogens is 1. The van der Waals surface area contributed by atoms with E-state index in [1.807, 2.05) is 4.90 Å². The smallest absolute Gasteiger partial charge is 0.307 e. The van der Waals surface area contributed by atoms with Crippen molar-refractivity contribution in [2.75, 3.05) is 26.3 Å². The first-order valence-electron chi connectivity index (χ1n) is 9.33. The number of amides is 1. The Morgan fingerprint density at radius 1 is 1.08 bits per heavy atom. The Hall–Kier alpha value is -1.95. The molecule has 6 heteroatoms. The van der Waals surface area contributed by atoms with Crippen LogP contribution in [0, 0.1) is 17.2 Å². The minimum atomic E-state index is -0.711. The van der Waals surface area contributed by atoms with Crippen LogP contribution in [0.3, 0.4) is 0 Å². The predicted octanol–water partition coefficient (Wildman–Crippen LogP) is 2.59. The van der Waals surface area contributed by atoms with Crippen molar-refractivity contribution in [2.45, 2.75) is 37.5 Å². The van der Waals surface area contributed by atoms with Gasteiger partial charge in [0.1, 0.15) is 5.82 Å². The van der Waals surface area contributed by atoms with Crippen molar-refractivity contribution in [1.29, 1.82) is 0 Å². The van der Waals surface area contributed by atoms with Crippen LogP contribution >= 0.6 is 0 Å². The fraction of sp³-hybridized carbons (Fsp3) is 0.600. The maximum atomic E-state index is 13.5. The Kier molecular flexibility index (Phi) is 4.26. The van der Waals surface area contributed by atoms with Gasteiger partial charge in [-0.15, -0.1) is 0 Å². The van der Waals surface area contributed by atoms with E-state index in [1.165, 1.54) is 12.1 Å². The number of hydrogen-bond acceptors (Lipinski definition) is 3. The number of aliphatic carboxylic acids is 1. The number of carbonyl (C=O) groups excluding carboxylic acids is 1. The Balaban J connectivity index is 1.53. The third-order valence-electron chi connectivity index (χ3n) is 6.69. The molecule has 1 aliphatic carbocycles. The zero-order valence-electron chi connectivity index (χ0n) is 14.7. The van der Waals surface area contributed by atoms with Crippen LogP contribution in [0.5, 0.6) is 0 Å². The molecular weight excluding hydrogens is 337 g/mol. The summed E-state index contributed by atoms with van der Waals surface area (Å²) in [7, 11) is 0. The summed E-state index contributed by atoms with van der Waals surface area (Å²) >= 11 is 0. The Bertz CT molecular complexity index is 703. The van der Waals surface area contributed by atoms with Crippen molar-refractivity contribution in [3.63, 3.8) is 0 Å². The van der Waals surface area contributed by atoms with Gasteiger partial charge in [-0.05, 0) is 55.2 Å². The molecule has 0 bridgehead atoms. The lowest BCUT2D eigenvalue weighted by molar-refractivity contribution is -0.143. The minimum absolute atomic E-state index is 0.0785. The zero-order valence-corrected chi connectivity index (χ0v) is 14.7. The highest BCUT2D eigenvalue weighted by atomic mass is 19.1. The van der Waals surface area contributed by atoms with Crippen LogP contribution in [-0.4, -0.2) is 48.2 Å². The van der Waals surface area contributed by atoms with Crippen molar-refractivity contribution in [3.8, 4) is 0 Å². The van der Waals surface area contributed by atoms with Gasteiger partial charge in [0.15, 0.2) is 0 Å². The number of likely N-dealkylation sites (tertiary alicyclic amines) is 1. The van der Waals surface area contributed by atoms with Gasteiger partial charge in [0.2, 0.25) is 5.91 Å². The highest BCUT2D eigenvalue weighted by Crippen LogP contribution is 2.59. The Morgan fingerprint density at radius 3 is 2.23 bits per heavy atom. The molecule has 140 valence electrons. The normalized spacial score (nSPS) is 26.5. The number of hydrogen-bond donors (Lipinski definition) is 1. The van der Waals surface area contributed by atoms with Gasteiger partial charge in [0, 0.05) is 26.3 Å². The molecule has 0 radical (unpaired) electrons. The van der Waals surface area contributed by atoms with Crippen molar-refractivity contribution >= 4 is 11.9 Å². The third kappa shape index (κ3) is 2.80. The quantitative estimate of drug-likeness (QED) is 0.899. The summed E-state index contributed by atoms with van der Waals surface area (Å²) in [5.41, 5.74) is 0.0930. The largest absolute Gasteiger partial charge is 0.481 e. The Labute approximate surface area is 152 Å². The molecule has 3 aliphatic rings. The first-order valence-corrected chi connectivity index (χ1v) is 9.33. The summed E-state index contributed by atoms with van der Waals surface area (Å²) in [6.07, 6.45) is 3.44. The van der Waals surface area contributed by atoms with E-state index in [0.717, 1.165) is 24.8 Å². The molecule has 1 unspecified atom stereocenters. The molecule has 5 nitrogen and oxygen atoms in total. The van der Waals surface area contributed by atoms with E-state index in [2.05, 4.69) is 0 Å². The fourth-order valence-corrected chi connectivity index (χ4v) is 4.82. The van der Waals surface area contributed by atoms with Gasteiger partial charge in [-0.2, -0.15) is 0 Å². The summed E-state index contributed by atoms with van der Waals surface area (Å²) in [6.45, 7) is 2.24. The SMILES string of the molecule is O=C(O)C1CC12CCN(C(=O)C1(c3ccc(F)cc3)CCOCC1)CC2. The molecule has 2 saturated heterocycles. The molecule has 2 heterocycles. The monoisotopic (exact) mass is 361 g/mol. The standard InChI is InChI=1S/C20H24FNO4/c21-15-3-1-14(2-4-15)20(7-11-26-12-8-20)18(25)22-9-5-19(6-10-22)13-16(19)17(23)24/h1-4,16H,5-13H2,(H,23,24). The summed E-state index contributed by atoms with van der Waals surface area (Å²) in [5.74, 6) is -1.18. The summed E-state index contributed by atoms with van der Waals surface area (Å²) < 4.78 is 18.8. The molecule has 2 aliphatic heterocycles. The van der Waals surface area contributed by atoms with E-state index in [-0.39, 0.29) is 23.1 Å². The van der Waals surface area contributed by atoms with Crippen LogP contribution in [0.25, 0.3) is 0 Å². The van der Waals surface area contributed by atoms with Crippen LogP contribution in [0.2, 0.25) is 0 Å². The maximum Gasteiger partial charge on any atom is 0.307 e. The number of carbonyl (C=O) groups is 2. The van der Waals surface area contributed by atoms with Crippen molar-refractivity contribution in [2.24, 2.45) is 11.3 Å². The molecule has 1 amide bonds. The lowest BCUT2D eigenvalue weighted by Gasteiger charge is -2.42. The van der Waals surface area contributed by atoms with Gasteiger partial charge in [-0.1, -0.05) is 12.1 Å². The molecule has 1 spiro atoms. The van der Waals surface area contributed by atoms with Crippen LogP contribution in [-0.2, 0) is 19.7 Å². The molecule has 3 fully saturated rings. The van der Waals surface area contributed by atoms with Gasteiger partial charge in [0.05, 0.1) is 11.3 Å². The predicted molar refractivity (Wildman–Crippen MR) is 92.1 cm³/mol. The van der Waals surface area contributed by atoms with E-state index >= 15 is 0 Å². The molecule has 1 N–H and O–H groups in total. The first kappa shape index (κ1) is 17.5. The molecule has 26 heavy (non-hydrogen) atoms. The number of rotatable bonds is 3. The van der Waals surface area contributed by atoms with E-state index in [1.54, 1.807) is 12.1 Å². The fourth-order valence-electron chi connectivity index (χ4n) is 4.82. The molecule has 4 rings (SSSR count). The molecule has 1 atom stereocenters. The van der Waals surface area contributed by atoms with E-state index in [0.29, 0.717) is 39.1 Å². The maximum absolute atomic E-state index is 13.5. The number of piperidine rings is 1. The first-order chi connectivity index (χ1) is 12.5. The molecular formula is C20H24FNO4. The summed E-state index contributed by atoms with van der Waals surface area (Å²) in [4.78, 5) is 26.6. The van der Waals surface area contributed by atoms with Gasteiger partial charge < -0.3 is 14.7 Å². The van der Waals surface area contributed by atoms with E-state index in [9.17, 15) is 19.1 Å². The second-order valence-corrected chi connectivity index (χ2v) is 7.95. The van der Waals surface area contributed by atoms with Crippen molar-refractivity contribution in [1.82, 2.24) is 4.90 Å². The average molecular weight is 361 g/mol. The Morgan fingerprint density at radius 2 is 1.69 bits per heavy atom. The van der Waals surface area contributed by atoms with Crippen LogP contribution in [0.1, 0.15) is 37.7 Å². The van der Waals surface area contributed by atoms with Crippen LogP contribution in [0.4, 0.5) is 4.39 Å². The van der Waals surface area contributed by atoms with Crippen LogP contribution < -0.4 is 0 Å². The minimum Gasteiger partial charge on any atom is -0.481 e. The lowest BCUT2D eigenvalue weighted by Crippen LogP contribution is -2.52. The van der Waals surface area contributed by atoms with Gasteiger partial charge in [-0.3, -0.25) is 9.59 Å². The van der Waals surface area contributed by atoms with E-state index < -0.39 is 11.4 Å². The van der Waals surface area contributed by atoms with Crippen molar-refractivity contribution < 1.29 is 23.8 Å². The highest BCUT2D eigenvalue weighted by molar-refractivity contribution is 5.88. The third-order valence-corrected chi connectivity index (χ3v) is 6.69. The molecule has 1 aromatic rings. The molecule has 1 saturated carbocycles. The topological polar surface area (TPSA) is 66.8 Å². The number of nitrogens with zero attached hydrogens (tertiary/aromatic N) is 1. The van der Waals surface area contributed by atoms with Crippen molar-refractivity contribution in [3.05, 3.63) is 35.6 Å². The van der Waals surface area contributed by atoms with Gasteiger partial charge in [0.25, 0.3) is 0 Å². The van der Waals surface area contributed by atoms with Crippen LogP contribution in [0.15, 0.2) is 24.3 Å². The molecule has 0 aromatic heterocycles. The number of carboxylic acids is 1. The summed E-state index contributed by atoms with van der Waals surface area (Å²) in [5, 5.41) is 9.24. The second kappa shape index (κ2) is 6.34. The second-order valence-electron chi connectivity index (χ2n) is 7.95.